The van der Waals surface area contributed by atoms with Crippen LogP contribution in [-0.2, 0) is 0 Å². The molecular formula is C19H19N5. The lowest BCUT2D eigenvalue weighted by molar-refractivity contribution is 1.26. The second kappa shape index (κ2) is 6.91. The molecule has 5 heteroatoms. The minimum atomic E-state index is 0.785. The summed E-state index contributed by atoms with van der Waals surface area (Å²) in [5.74, 6) is 0. The van der Waals surface area contributed by atoms with E-state index < -0.39 is 0 Å². The van der Waals surface area contributed by atoms with Crippen LogP contribution < -0.4 is 11.1 Å². The number of nitrogens with one attached hydrogen (secondary N) is 1. The first-order valence-electron chi connectivity index (χ1n) is 7.67. The topological polar surface area (TPSA) is 76.7 Å². The van der Waals surface area contributed by atoms with Crippen LogP contribution in [0.1, 0.15) is 5.69 Å². The fourth-order valence-electron chi connectivity index (χ4n) is 2.36. The molecule has 0 saturated heterocycles. The van der Waals surface area contributed by atoms with Gasteiger partial charge in [-0.05, 0) is 49.4 Å². The number of nitrogen functional groups attached to an aromatic ring is 1. The number of hydrogen-bond donors (Lipinski definition) is 2. The largest absolute Gasteiger partial charge is 0.399 e. The van der Waals surface area contributed by atoms with Crippen molar-refractivity contribution in [1.82, 2.24) is 15.0 Å². The normalized spacial score (nSPS) is 10.2. The minimum absolute atomic E-state index is 0.785. The van der Waals surface area contributed by atoms with Crippen molar-refractivity contribution in [3.63, 3.8) is 0 Å². The van der Waals surface area contributed by atoms with Gasteiger partial charge < -0.3 is 11.1 Å². The first kappa shape index (κ1) is 15.7. The average molecular weight is 317 g/mol. The quantitative estimate of drug-likeness (QED) is 0.522. The van der Waals surface area contributed by atoms with E-state index in [4.69, 9.17) is 5.73 Å². The van der Waals surface area contributed by atoms with E-state index in [9.17, 15) is 0 Å². The zero-order valence-electron chi connectivity index (χ0n) is 13.7. The molecule has 0 amide bonds. The maximum atomic E-state index is 5.63. The predicted octanol–water partition coefficient (Wildman–Crippen LogP) is 3.80. The summed E-state index contributed by atoms with van der Waals surface area (Å²) in [5.41, 5.74) is 11.4. The highest BCUT2D eigenvalue weighted by Gasteiger charge is 1.95. The number of hydrogen-bond acceptors (Lipinski definition) is 5. The summed E-state index contributed by atoms with van der Waals surface area (Å²) in [6.45, 7) is 1.98. The number of nitrogens with two attached hydrogens (primary N) is 1. The molecule has 2 aromatic heterocycles. The van der Waals surface area contributed by atoms with Gasteiger partial charge >= 0.3 is 0 Å². The van der Waals surface area contributed by atoms with Crippen molar-refractivity contribution in [2.24, 2.45) is 0 Å². The third-order valence-electron chi connectivity index (χ3n) is 3.61. The van der Waals surface area contributed by atoms with E-state index in [1.165, 1.54) is 0 Å². The lowest BCUT2D eigenvalue weighted by Gasteiger charge is -1.99. The van der Waals surface area contributed by atoms with Crippen molar-refractivity contribution in [3.8, 4) is 0 Å². The van der Waals surface area contributed by atoms with Gasteiger partial charge in [-0.2, -0.15) is 0 Å². The number of rotatable bonds is 1. The Bertz CT molecular complexity index is 940. The smallest absolute Gasteiger partial charge is 0.0907 e. The highest BCUT2D eigenvalue weighted by molar-refractivity contribution is 5.82. The molecule has 0 atom stereocenters. The molecule has 0 spiro atoms. The van der Waals surface area contributed by atoms with Gasteiger partial charge in [0.05, 0.1) is 16.6 Å². The van der Waals surface area contributed by atoms with E-state index in [1.807, 2.05) is 62.5 Å². The molecule has 0 bridgehead atoms. The molecule has 0 aliphatic rings. The number of anilines is 2. The molecule has 3 N–H and O–H groups in total. The van der Waals surface area contributed by atoms with E-state index >= 15 is 0 Å². The van der Waals surface area contributed by atoms with Crippen LogP contribution in [0.3, 0.4) is 0 Å². The van der Waals surface area contributed by atoms with Gasteiger partial charge in [-0.1, -0.05) is 6.07 Å². The summed E-state index contributed by atoms with van der Waals surface area (Å²) in [4.78, 5) is 12.7. The van der Waals surface area contributed by atoms with Crippen molar-refractivity contribution in [2.75, 3.05) is 18.1 Å². The Morgan fingerprint density at radius 3 is 2.38 bits per heavy atom. The molecule has 0 aliphatic heterocycles. The Hall–Kier alpha value is -3.21. The molecule has 120 valence electrons. The Labute approximate surface area is 140 Å². The maximum absolute atomic E-state index is 5.63. The van der Waals surface area contributed by atoms with Gasteiger partial charge in [0.1, 0.15) is 0 Å². The van der Waals surface area contributed by atoms with Crippen molar-refractivity contribution < 1.29 is 0 Å². The predicted molar refractivity (Wildman–Crippen MR) is 100.0 cm³/mol. The van der Waals surface area contributed by atoms with E-state index in [1.54, 1.807) is 12.4 Å². The van der Waals surface area contributed by atoms with E-state index in [0.717, 1.165) is 39.0 Å². The van der Waals surface area contributed by atoms with Gasteiger partial charge in [0.15, 0.2) is 0 Å². The Morgan fingerprint density at radius 1 is 0.833 bits per heavy atom. The highest BCUT2D eigenvalue weighted by Crippen LogP contribution is 2.15. The first-order chi connectivity index (χ1) is 11.7. The third kappa shape index (κ3) is 3.57. The molecule has 0 unspecified atom stereocenters. The molecule has 2 aromatic carbocycles. The van der Waals surface area contributed by atoms with Crippen LogP contribution in [0.2, 0.25) is 0 Å². The molecule has 24 heavy (non-hydrogen) atoms. The Balaban J connectivity index is 0.000000141. The van der Waals surface area contributed by atoms with Crippen LogP contribution in [0.5, 0.6) is 0 Å². The van der Waals surface area contributed by atoms with Gasteiger partial charge in [0.2, 0.25) is 0 Å². The summed E-state index contributed by atoms with van der Waals surface area (Å²) in [6, 6.07) is 15.7. The number of benzene rings is 2. The van der Waals surface area contributed by atoms with Crippen LogP contribution in [0, 0.1) is 6.92 Å². The van der Waals surface area contributed by atoms with Crippen molar-refractivity contribution >= 4 is 33.3 Å². The number of fused-ring (bicyclic) bond motifs is 2. The van der Waals surface area contributed by atoms with Gasteiger partial charge in [0, 0.05) is 41.9 Å². The highest BCUT2D eigenvalue weighted by atomic mass is 14.8. The van der Waals surface area contributed by atoms with E-state index in [-0.39, 0.29) is 0 Å². The molecule has 0 aliphatic carbocycles. The first-order valence-corrected chi connectivity index (χ1v) is 7.67. The number of nitrogens with zero attached hydrogens (tertiary/aromatic N) is 3. The van der Waals surface area contributed by atoms with Crippen molar-refractivity contribution in [2.45, 2.75) is 6.92 Å². The fraction of sp³-hybridized carbons (Fsp3) is 0.105. The zero-order valence-corrected chi connectivity index (χ0v) is 13.7. The summed E-state index contributed by atoms with van der Waals surface area (Å²) in [6.07, 6.45) is 3.39. The molecular weight excluding hydrogens is 298 g/mol. The van der Waals surface area contributed by atoms with Crippen LogP contribution >= 0.6 is 0 Å². The fourth-order valence-corrected chi connectivity index (χ4v) is 2.36. The maximum Gasteiger partial charge on any atom is 0.0907 e. The monoisotopic (exact) mass is 317 g/mol. The van der Waals surface area contributed by atoms with Crippen LogP contribution in [0.4, 0.5) is 11.4 Å². The molecule has 0 saturated carbocycles. The van der Waals surface area contributed by atoms with Crippen LogP contribution in [0.15, 0.2) is 60.9 Å². The number of aryl methyl sites for hydroxylation is 1. The zero-order chi connectivity index (χ0) is 16.9. The molecule has 4 rings (SSSR count). The second-order valence-electron chi connectivity index (χ2n) is 5.41. The van der Waals surface area contributed by atoms with Crippen LogP contribution in [-0.4, -0.2) is 22.0 Å². The minimum Gasteiger partial charge on any atom is -0.399 e. The van der Waals surface area contributed by atoms with Gasteiger partial charge in [0.25, 0.3) is 0 Å². The standard InChI is InChI=1S/C10H10N2.C9H9N3/c1-7-2-3-8-6-9(11)4-5-10(8)12-7;1-10-7-2-3-8-9(6-7)12-5-4-11-8/h2-6H,11H2,1H3;2-6,10H,1H3. The van der Waals surface area contributed by atoms with Crippen molar-refractivity contribution in [1.29, 1.82) is 0 Å². The molecule has 4 aromatic rings. The lowest BCUT2D eigenvalue weighted by atomic mass is 10.2. The third-order valence-corrected chi connectivity index (χ3v) is 3.61. The van der Waals surface area contributed by atoms with Crippen LogP contribution in [0.25, 0.3) is 21.9 Å². The Morgan fingerprint density at radius 2 is 1.58 bits per heavy atom. The molecule has 2 heterocycles. The summed E-state index contributed by atoms with van der Waals surface area (Å²) in [7, 11) is 1.89. The number of aromatic nitrogens is 3. The average Bonchev–Trinajstić information content (AvgIpc) is 2.62. The van der Waals surface area contributed by atoms with Crippen molar-refractivity contribution in [3.05, 3.63) is 66.6 Å². The van der Waals surface area contributed by atoms with Gasteiger partial charge in [-0.3, -0.25) is 15.0 Å². The number of pyridine rings is 1. The molecule has 5 nitrogen and oxygen atoms in total. The van der Waals surface area contributed by atoms with Gasteiger partial charge in [-0.15, -0.1) is 0 Å². The lowest BCUT2D eigenvalue weighted by Crippen LogP contribution is -1.88. The van der Waals surface area contributed by atoms with E-state index in [2.05, 4.69) is 20.3 Å². The molecule has 0 radical (unpaired) electrons. The Kier molecular flexibility index (Phi) is 4.52. The summed E-state index contributed by atoms with van der Waals surface area (Å²) < 4.78 is 0. The summed E-state index contributed by atoms with van der Waals surface area (Å²) >= 11 is 0. The summed E-state index contributed by atoms with van der Waals surface area (Å²) in [5, 5.41) is 4.15. The van der Waals surface area contributed by atoms with E-state index in [0.29, 0.717) is 0 Å². The molecule has 0 fully saturated rings. The van der Waals surface area contributed by atoms with Gasteiger partial charge in [-0.25, -0.2) is 0 Å². The SMILES string of the molecule is CNc1ccc2nccnc2c1.Cc1ccc2cc(N)ccc2n1. The second-order valence-corrected chi connectivity index (χ2v) is 5.41.